The van der Waals surface area contributed by atoms with E-state index in [2.05, 4.69) is 25.8 Å². The van der Waals surface area contributed by atoms with E-state index in [0.29, 0.717) is 6.10 Å². The quantitative estimate of drug-likeness (QED) is 0.641. The van der Waals surface area contributed by atoms with Crippen molar-refractivity contribution in [2.45, 2.75) is 32.8 Å². The first kappa shape index (κ1) is 10.0. The minimum atomic E-state index is 0.476. The second-order valence-electron chi connectivity index (χ2n) is 3.94. The van der Waals surface area contributed by atoms with Gasteiger partial charge in [0.15, 0.2) is 0 Å². The van der Waals surface area contributed by atoms with E-state index in [4.69, 9.17) is 4.74 Å². The van der Waals surface area contributed by atoms with Crippen LogP contribution in [0, 0.1) is 5.92 Å². The molecule has 0 saturated carbocycles. The summed E-state index contributed by atoms with van der Waals surface area (Å²) in [6.45, 7) is 7.65. The topological polar surface area (TPSA) is 12.5 Å². The highest BCUT2D eigenvalue weighted by atomic mass is 16.5. The Hall–Kier alpha value is -0.0800. The maximum absolute atomic E-state index is 5.72. The fraction of sp³-hybridized carbons (Fsp3) is 1.00. The highest BCUT2D eigenvalue weighted by molar-refractivity contribution is 4.73. The van der Waals surface area contributed by atoms with Crippen LogP contribution in [-0.4, -0.2) is 37.7 Å². The van der Waals surface area contributed by atoms with Gasteiger partial charge in [0.25, 0.3) is 0 Å². The lowest BCUT2D eigenvalue weighted by atomic mass is 9.98. The van der Waals surface area contributed by atoms with Gasteiger partial charge in [-0.1, -0.05) is 20.3 Å². The summed E-state index contributed by atoms with van der Waals surface area (Å²) in [6.07, 6.45) is 3.03. The second kappa shape index (κ2) is 4.83. The fourth-order valence-electron chi connectivity index (χ4n) is 1.80. The highest BCUT2D eigenvalue weighted by Gasteiger charge is 2.22. The summed E-state index contributed by atoms with van der Waals surface area (Å²) in [5.74, 6) is 0.720. The Balaban J connectivity index is 2.29. The van der Waals surface area contributed by atoms with Gasteiger partial charge < -0.3 is 9.64 Å². The zero-order chi connectivity index (χ0) is 8.97. The smallest absolute Gasteiger partial charge is 0.0727 e. The Labute approximate surface area is 75.9 Å². The van der Waals surface area contributed by atoms with Crippen molar-refractivity contribution >= 4 is 0 Å². The third-order valence-electron chi connectivity index (χ3n) is 2.68. The summed E-state index contributed by atoms with van der Waals surface area (Å²) < 4.78 is 5.72. The summed E-state index contributed by atoms with van der Waals surface area (Å²) >= 11 is 0. The predicted octanol–water partition coefficient (Wildman–Crippen LogP) is 1.75. The van der Waals surface area contributed by atoms with Gasteiger partial charge in [0.05, 0.1) is 12.7 Å². The van der Waals surface area contributed by atoms with E-state index >= 15 is 0 Å². The van der Waals surface area contributed by atoms with Gasteiger partial charge in [-0.15, -0.1) is 0 Å². The molecule has 0 aromatic rings. The van der Waals surface area contributed by atoms with Crippen molar-refractivity contribution in [3.05, 3.63) is 0 Å². The van der Waals surface area contributed by atoms with Crippen LogP contribution >= 0.6 is 0 Å². The first-order valence-electron chi connectivity index (χ1n) is 5.04. The molecule has 0 spiro atoms. The summed E-state index contributed by atoms with van der Waals surface area (Å²) in [6, 6.07) is 0. The first-order chi connectivity index (χ1) is 5.74. The molecule has 2 unspecified atom stereocenters. The third kappa shape index (κ3) is 2.76. The molecule has 2 atom stereocenters. The first-order valence-corrected chi connectivity index (χ1v) is 5.04. The van der Waals surface area contributed by atoms with Gasteiger partial charge in [0.2, 0.25) is 0 Å². The average Bonchev–Trinajstić information content (AvgIpc) is 2.05. The second-order valence-corrected chi connectivity index (χ2v) is 3.94. The lowest BCUT2D eigenvalue weighted by Gasteiger charge is -2.33. The molecule has 2 heteroatoms. The monoisotopic (exact) mass is 171 g/mol. The average molecular weight is 171 g/mol. The van der Waals surface area contributed by atoms with E-state index in [0.717, 1.165) is 25.6 Å². The van der Waals surface area contributed by atoms with Gasteiger partial charge >= 0.3 is 0 Å². The summed E-state index contributed by atoms with van der Waals surface area (Å²) in [5, 5.41) is 0. The Kier molecular flexibility index (Phi) is 4.02. The molecule has 0 aromatic carbocycles. The summed E-state index contributed by atoms with van der Waals surface area (Å²) in [5.41, 5.74) is 0. The van der Waals surface area contributed by atoms with Gasteiger partial charge in [-0.25, -0.2) is 0 Å². The lowest BCUT2D eigenvalue weighted by molar-refractivity contribution is -0.0480. The number of rotatable bonds is 3. The van der Waals surface area contributed by atoms with E-state index in [1.165, 1.54) is 12.8 Å². The van der Waals surface area contributed by atoms with E-state index < -0.39 is 0 Å². The Bertz CT molecular complexity index is 127. The number of nitrogens with zero attached hydrogens (tertiary/aromatic N) is 1. The largest absolute Gasteiger partial charge is 0.375 e. The van der Waals surface area contributed by atoms with Crippen LogP contribution in [0.25, 0.3) is 0 Å². The minimum Gasteiger partial charge on any atom is -0.375 e. The van der Waals surface area contributed by atoms with Crippen molar-refractivity contribution in [2.24, 2.45) is 5.92 Å². The fourth-order valence-corrected chi connectivity index (χ4v) is 1.80. The molecule has 0 radical (unpaired) electrons. The molecule has 0 aromatic heterocycles. The molecule has 1 fully saturated rings. The Morgan fingerprint density at radius 1 is 1.58 bits per heavy atom. The number of likely N-dealkylation sites (N-methyl/N-ethyl adjacent to an activating group) is 1. The summed E-state index contributed by atoms with van der Waals surface area (Å²) in [7, 11) is 2.17. The van der Waals surface area contributed by atoms with Crippen molar-refractivity contribution < 1.29 is 4.74 Å². The molecular formula is C10H21NO. The molecule has 1 aliphatic heterocycles. The van der Waals surface area contributed by atoms with Crippen LogP contribution in [0.15, 0.2) is 0 Å². The van der Waals surface area contributed by atoms with E-state index in [9.17, 15) is 0 Å². The molecule has 0 aliphatic carbocycles. The molecule has 0 bridgehead atoms. The number of hydrogen-bond acceptors (Lipinski definition) is 2. The molecule has 72 valence electrons. The van der Waals surface area contributed by atoms with Crippen LogP contribution in [0.4, 0.5) is 0 Å². The van der Waals surface area contributed by atoms with Crippen molar-refractivity contribution in [1.29, 1.82) is 0 Å². The third-order valence-corrected chi connectivity index (χ3v) is 2.68. The van der Waals surface area contributed by atoms with Gasteiger partial charge in [-0.05, 0) is 19.4 Å². The summed E-state index contributed by atoms with van der Waals surface area (Å²) in [4.78, 5) is 2.36. The van der Waals surface area contributed by atoms with E-state index in [1.807, 2.05) is 0 Å². The molecule has 0 N–H and O–H groups in total. The maximum Gasteiger partial charge on any atom is 0.0727 e. The molecule has 1 rings (SSSR count). The Morgan fingerprint density at radius 3 is 2.92 bits per heavy atom. The van der Waals surface area contributed by atoms with Crippen molar-refractivity contribution in [1.82, 2.24) is 4.90 Å². The van der Waals surface area contributed by atoms with E-state index in [1.54, 1.807) is 0 Å². The maximum atomic E-state index is 5.72. The van der Waals surface area contributed by atoms with Gasteiger partial charge in [0.1, 0.15) is 0 Å². The zero-order valence-corrected chi connectivity index (χ0v) is 8.55. The van der Waals surface area contributed by atoms with Gasteiger partial charge in [-0.3, -0.25) is 0 Å². The molecule has 1 aliphatic rings. The predicted molar refractivity (Wildman–Crippen MR) is 51.3 cm³/mol. The van der Waals surface area contributed by atoms with Crippen LogP contribution in [0.2, 0.25) is 0 Å². The van der Waals surface area contributed by atoms with Crippen LogP contribution in [0.3, 0.4) is 0 Å². The van der Waals surface area contributed by atoms with Crippen molar-refractivity contribution in [2.75, 3.05) is 26.7 Å². The van der Waals surface area contributed by atoms with Crippen LogP contribution < -0.4 is 0 Å². The van der Waals surface area contributed by atoms with Crippen LogP contribution in [-0.2, 0) is 4.74 Å². The molecule has 1 heterocycles. The lowest BCUT2D eigenvalue weighted by Crippen LogP contribution is -2.43. The molecule has 1 saturated heterocycles. The van der Waals surface area contributed by atoms with Crippen LogP contribution in [0.5, 0.6) is 0 Å². The zero-order valence-electron chi connectivity index (χ0n) is 8.55. The molecule has 0 amide bonds. The number of morpholine rings is 1. The van der Waals surface area contributed by atoms with Crippen molar-refractivity contribution in [3.8, 4) is 0 Å². The van der Waals surface area contributed by atoms with Crippen LogP contribution in [0.1, 0.15) is 26.7 Å². The van der Waals surface area contributed by atoms with Gasteiger partial charge in [0, 0.05) is 13.1 Å². The molecular weight excluding hydrogens is 150 g/mol. The van der Waals surface area contributed by atoms with Crippen molar-refractivity contribution in [3.63, 3.8) is 0 Å². The Morgan fingerprint density at radius 2 is 2.33 bits per heavy atom. The number of hydrogen-bond donors (Lipinski definition) is 0. The highest BCUT2D eigenvalue weighted by Crippen LogP contribution is 2.17. The SMILES string of the molecule is CCCC(C)C1CN(C)CCO1. The number of ether oxygens (including phenoxy) is 1. The van der Waals surface area contributed by atoms with Gasteiger partial charge in [-0.2, -0.15) is 0 Å². The minimum absolute atomic E-state index is 0.476. The normalized spacial score (nSPS) is 28.8. The molecule has 2 nitrogen and oxygen atoms in total. The molecule has 12 heavy (non-hydrogen) atoms. The standard InChI is InChI=1S/C10H21NO/c1-4-5-9(2)10-8-11(3)6-7-12-10/h9-10H,4-8H2,1-3H3. The van der Waals surface area contributed by atoms with E-state index in [-0.39, 0.29) is 0 Å².